The zero-order chi connectivity index (χ0) is 30.9. The van der Waals surface area contributed by atoms with Gasteiger partial charge in [0.15, 0.2) is 0 Å². The lowest BCUT2D eigenvalue weighted by atomic mass is 9.91. The molecule has 16 heteroatoms. The lowest BCUT2D eigenvalue weighted by Crippen LogP contribution is -2.27. The summed E-state index contributed by atoms with van der Waals surface area (Å²) in [6.45, 7) is 0. The Morgan fingerprint density at radius 1 is 0.756 bits per heavy atom. The van der Waals surface area contributed by atoms with Crippen LogP contribution >= 0.6 is 11.6 Å². The van der Waals surface area contributed by atoms with Crippen molar-refractivity contribution in [3.63, 3.8) is 0 Å². The van der Waals surface area contributed by atoms with Crippen LogP contribution in [-0.2, 0) is 17.1 Å². The maximum absolute atomic E-state index is 13.9. The summed E-state index contributed by atoms with van der Waals surface area (Å²) >= 11 is 5.93. The molecule has 2 N–H and O–H groups in total. The van der Waals surface area contributed by atoms with Crippen molar-refractivity contribution in [1.29, 1.82) is 0 Å². The van der Waals surface area contributed by atoms with Crippen LogP contribution in [0.15, 0.2) is 54.6 Å². The second-order valence-corrected chi connectivity index (χ2v) is 8.87. The van der Waals surface area contributed by atoms with Gasteiger partial charge in [0.25, 0.3) is 5.91 Å². The monoisotopic (exact) mass is 618 g/mol. The van der Waals surface area contributed by atoms with Crippen molar-refractivity contribution >= 4 is 34.8 Å². The van der Waals surface area contributed by atoms with Gasteiger partial charge in [-0.05, 0) is 54.1 Å². The number of hydrogen-bond acceptors (Lipinski definition) is 2. The summed E-state index contributed by atoms with van der Waals surface area (Å²) in [6, 6.07) is 4.50. The molecule has 0 saturated heterocycles. The van der Waals surface area contributed by atoms with Gasteiger partial charge in [-0.25, -0.2) is 8.78 Å². The number of rotatable bonds is 6. The fraction of sp³-hybridized carbons (Fsp3) is 0.200. The highest BCUT2D eigenvalue weighted by Crippen LogP contribution is 2.43. The Kier molecular flexibility index (Phi) is 8.91. The van der Waals surface area contributed by atoms with Crippen molar-refractivity contribution < 1.29 is 57.9 Å². The van der Waals surface area contributed by atoms with E-state index in [-0.39, 0.29) is 28.9 Å². The fourth-order valence-electron chi connectivity index (χ4n) is 3.56. The molecule has 3 aromatic carbocycles. The highest BCUT2D eigenvalue weighted by molar-refractivity contribution is 6.34. The molecule has 0 fully saturated rings. The Bertz CT molecular complexity index is 1440. The molecule has 0 aromatic heterocycles. The Morgan fingerprint density at radius 3 is 1.85 bits per heavy atom. The van der Waals surface area contributed by atoms with Crippen LogP contribution in [0, 0.1) is 11.6 Å². The van der Waals surface area contributed by atoms with Crippen molar-refractivity contribution in [2.45, 2.75) is 30.9 Å². The maximum Gasteiger partial charge on any atom is 0.416 e. The first kappa shape index (κ1) is 31.6. The average molecular weight is 619 g/mol. The molecule has 0 saturated carbocycles. The predicted octanol–water partition coefficient (Wildman–Crippen LogP) is 8.58. The van der Waals surface area contributed by atoms with E-state index in [0.717, 1.165) is 30.3 Å². The first-order chi connectivity index (χ1) is 18.8. The summed E-state index contributed by atoms with van der Waals surface area (Å²) in [5.41, 5.74) is -6.68. The standard InChI is InChI=1S/C25H14ClF11N2O2/c26-18-3-2-15(9-16(18)22(41)39-20-4-1-14(27)8-19(20)28)38-21(40)10-17(25(35,36)37)11-5-12(23(29,30)31)7-13(6-11)24(32,33)34/h1-9,17H,10H2,(H,38,40)(H,39,41). The van der Waals surface area contributed by atoms with Crippen LogP contribution in [0.2, 0.25) is 5.02 Å². The van der Waals surface area contributed by atoms with Crippen LogP contribution in [-0.4, -0.2) is 18.0 Å². The van der Waals surface area contributed by atoms with Crippen LogP contribution < -0.4 is 10.6 Å². The largest absolute Gasteiger partial charge is 0.416 e. The van der Waals surface area contributed by atoms with Gasteiger partial charge in [-0.1, -0.05) is 11.6 Å². The summed E-state index contributed by atoms with van der Waals surface area (Å²) in [7, 11) is 0. The van der Waals surface area contributed by atoms with E-state index >= 15 is 0 Å². The normalized spacial score (nSPS) is 13.1. The maximum atomic E-state index is 13.9. The Balaban J connectivity index is 1.88. The fourth-order valence-corrected chi connectivity index (χ4v) is 3.76. The topological polar surface area (TPSA) is 58.2 Å². The Morgan fingerprint density at radius 2 is 1.34 bits per heavy atom. The number of benzene rings is 3. The highest BCUT2D eigenvalue weighted by Gasteiger charge is 2.45. The molecule has 3 aromatic rings. The number of nitrogens with one attached hydrogen (secondary N) is 2. The van der Waals surface area contributed by atoms with Gasteiger partial charge in [0.05, 0.1) is 33.3 Å². The molecule has 4 nitrogen and oxygen atoms in total. The smallest absolute Gasteiger partial charge is 0.326 e. The van der Waals surface area contributed by atoms with E-state index in [0.29, 0.717) is 6.07 Å². The molecule has 0 bridgehead atoms. The molecule has 2 amide bonds. The summed E-state index contributed by atoms with van der Waals surface area (Å²) < 4.78 is 147. The predicted molar refractivity (Wildman–Crippen MR) is 124 cm³/mol. The molecule has 0 spiro atoms. The molecular formula is C25H14ClF11N2O2. The SMILES string of the molecule is O=C(CC(c1cc(C(F)(F)F)cc(C(F)(F)F)c1)C(F)(F)F)Nc1ccc(Cl)c(C(=O)Nc2ccc(F)cc2F)c1. The zero-order valence-corrected chi connectivity index (χ0v) is 20.6. The summed E-state index contributed by atoms with van der Waals surface area (Å²) in [6.07, 6.45) is -17.9. The lowest BCUT2D eigenvalue weighted by molar-refractivity contribution is -0.157. The summed E-state index contributed by atoms with van der Waals surface area (Å²) in [5, 5.41) is 3.77. The number of hydrogen-bond donors (Lipinski definition) is 2. The van der Waals surface area contributed by atoms with E-state index in [4.69, 9.17) is 11.6 Å². The molecule has 0 radical (unpaired) electrons. The molecular weight excluding hydrogens is 605 g/mol. The lowest BCUT2D eigenvalue weighted by Gasteiger charge is -2.23. The van der Waals surface area contributed by atoms with Crippen LogP contribution in [0.5, 0.6) is 0 Å². The van der Waals surface area contributed by atoms with E-state index in [1.54, 1.807) is 0 Å². The first-order valence-corrected chi connectivity index (χ1v) is 11.4. The average Bonchev–Trinajstić information content (AvgIpc) is 2.83. The van der Waals surface area contributed by atoms with E-state index < -0.39 is 82.3 Å². The van der Waals surface area contributed by atoms with Gasteiger partial charge < -0.3 is 10.6 Å². The molecule has 41 heavy (non-hydrogen) atoms. The minimum atomic E-state index is -5.45. The molecule has 0 aliphatic rings. The number of alkyl halides is 9. The number of carbonyl (C=O) groups excluding carboxylic acids is 2. The number of halogens is 12. The van der Waals surface area contributed by atoms with Gasteiger partial charge in [-0.2, -0.15) is 39.5 Å². The summed E-state index contributed by atoms with van der Waals surface area (Å²) in [5.74, 6) is -7.74. The van der Waals surface area contributed by atoms with Gasteiger partial charge in [0.2, 0.25) is 5.91 Å². The molecule has 0 heterocycles. The van der Waals surface area contributed by atoms with Crippen LogP contribution in [0.4, 0.5) is 59.7 Å². The second kappa shape index (κ2) is 11.5. The van der Waals surface area contributed by atoms with Gasteiger partial charge in [-0.3, -0.25) is 9.59 Å². The minimum absolute atomic E-state index is 0.125. The van der Waals surface area contributed by atoms with Crippen LogP contribution in [0.3, 0.4) is 0 Å². The van der Waals surface area contributed by atoms with E-state index in [1.807, 2.05) is 5.32 Å². The zero-order valence-electron chi connectivity index (χ0n) is 19.8. The van der Waals surface area contributed by atoms with E-state index in [2.05, 4.69) is 5.32 Å². The van der Waals surface area contributed by atoms with Gasteiger partial charge in [-0.15, -0.1) is 0 Å². The summed E-state index contributed by atoms with van der Waals surface area (Å²) in [4.78, 5) is 25.0. The second-order valence-electron chi connectivity index (χ2n) is 8.46. The van der Waals surface area contributed by atoms with Crippen molar-refractivity contribution in [2.24, 2.45) is 0 Å². The highest BCUT2D eigenvalue weighted by atomic mass is 35.5. The third-order valence-electron chi connectivity index (χ3n) is 5.47. The third-order valence-corrected chi connectivity index (χ3v) is 5.80. The van der Waals surface area contributed by atoms with Crippen molar-refractivity contribution in [3.8, 4) is 0 Å². The molecule has 3 rings (SSSR count). The molecule has 0 aliphatic carbocycles. The number of carbonyl (C=O) groups is 2. The van der Waals surface area contributed by atoms with Crippen LogP contribution in [0.1, 0.15) is 39.4 Å². The van der Waals surface area contributed by atoms with E-state index in [9.17, 15) is 57.9 Å². The first-order valence-electron chi connectivity index (χ1n) is 11.0. The van der Waals surface area contributed by atoms with Gasteiger partial charge in [0, 0.05) is 18.2 Å². The van der Waals surface area contributed by atoms with Crippen molar-refractivity contribution in [2.75, 3.05) is 10.6 Å². The van der Waals surface area contributed by atoms with Gasteiger partial charge in [0.1, 0.15) is 11.6 Å². The number of anilines is 2. The Hall–Kier alpha value is -3.88. The van der Waals surface area contributed by atoms with Crippen LogP contribution in [0.25, 0.3) is 0 Å². The quantitative estimate of drug-likeness (QED) is 0.272. The minimum Gasteiger partial charge on any atom is -0.326 e. The molecule has 1 unspecified atom stereocenters. The molecule has 1 atom stereocenters. The number of amides is 2. The third kappa shape index (κ3) is 8.08. The van der Waals surface area contributed by atoms with E-state index in [1.165, 1.54) is 0 Å². The van der Waals surface area contributed by atoms with Crippen molar-refractivity contribution in [3.05, 3.63) is 93.5 Å². The Labute approximate surface area is 228 Å². The molecule has 220 valence electrons. The molecule has 0 aliphatic heterocycles. The van der Waals surface area contributed by atoms with Crippen molar-refractivity contribution in [1.82, 2.24) is 0 Å². The van der Waals surface area contributed by atoms with Gasteiger partial charge >= 0.3 is 18.5 Å².